The van der Waals surface area contributed by atoms with E-state index in [2.05, 4.69) is 5.10 Å². The Balaban J connectivity index is 1.47. The molecule has 0 aliphatic carbocycles. The van der Waals surface area contributed by atoms with Crippen molar-refractivity contribution in [3.8, 4) is 22.8 Å². The Morgan fingerprint density at radius 2 is 2.03 bits per heavy atom. The Kier molecular flexibility index (Phi) is 5.31. The molecular weight excluding hydrogens is 386 g/mol. The topological polar surface area (TPSA) is 86.8 Å². The molecule has 1 atom stereocenters. The van der Waals surface area contributed by atoms with Crippen molar-refractivity contribution in [2.24, 2.45) is 7.05 Å². The molecule has 2 aromatic heterocycles. The predicted octanol–water partition coefficient (Wildman–Crippen LogP) is 2.65. The highest BCUT2D eigenvalue weighted by Crippen LogP contribution is 2.25. The second-order valence-corrected chi connectivity index (χ2v) is 7.27. The lowest BCUT2D eigenvalue weighted by Gasteiger charge is -2.17. The van der Waals surface area contributed by atoms with Crippen LogP contribution in [0, 0.1) is 6.92 Å². The van der Waals surface area contributed by atoms with E-state index in [1.165, 1.54) is 6.07 Å². The van der Waals surface area contributed by atoms with Crippen molar-refractivity contribution in [1.82, 2.24) is 14.7 Å². The molecule has 8 heteroatoms. The Morgan fingerprint density at radius 1 is 1.20 bits per heavy atom. The number of carbonyl (C=O) groups is 1. The van der Waals surface area contributed by atoms with Crippen LogP contribution < -0.4 is 15.1 Å². The zero-order valence-corrected chi connectivity index (χ0v) is 17.1. The van der Waals surface area contributed by atoms with E-state index >= 15 is 0 Å². The Bertz CT molecular complexity index is 1130. The lowest BCUT2D eigenvalue weighted by atomic mass is 10.1. The van der Waals surface area contributed by atoms with Gasteiger partial charge in [-0.3, -0.25) is 9.48 Å². The van der Waals surface area contributed by atoms with Crippen molar-refractivity contribution in [2.75, 3.05) is 20.2 Å². The van der Waals surface area contributed by atoms with Gasteiger partial charge in [0.15, 0.2) is 0 Å². The molecule has 1 aliphatic rings. The highest BCUT2D eigenvalue weighted by atomic mass is 16.5. The smallest absolute Gasteiger partial charge is 0.339 e. The first-order valence-electron chi connectivity index (χ1n) is 9.69. The van der Waals surface area contributed by atoms with Crippen molar-refractivity contribution in [2.45, 2.75) is 19.4 Å². The fraction of sp³-hybridized carbons (Fsp3) is 0.318. The number of aromatic nitrogens is 2. The highest BCUT2D eigenvalue weighted by Gasteiger charge is 2.30. The Hall–Kier alpha value is -3.55. The van der Waals surface area contributed by atoms with Gasteiger partial charge in [0.05, 0.1) is 25.4 Å². The molecular formula is C22H23N3O5. The Labute approximate surface area is 173 Å². The van der Waals surface area contributed by atoms with Crippen molar-refractivity contribution in [3.05, 3.63) is 64.3 Å². The molecule has 0 spiro atoms. The number of hydrogen-bond donors (Lipinski definition) is 0. The van der Waals surface area contributed by atoms with Gasteiger partial charge in [-0.25, -0.2) is 4.79 Å². The molecule has 0 radical (unpaired) electrons. The Morgan fingerprint density at radius 3 is 2.80 bits per heavy atom. The fourth-order valence-electron chi connectivity index (χ4n) is 3.60. The van der Waals surface area contributed by atoms with Crippen LogP contribution in [-0.4, -0.2) is 46.9 Å². The summed E-state index contributed by atoms with van der Waals surface area (Å²) in [6.45, 7) is 2.71. The summed E-state index contributed by atoms with van der Waals surface area (Å²) in [6.07, 6.45) is 0.507. The van der Waals surface area contributed by atoms with E-state index in [4.69, 9.17) is 13.9 Å². The van der Waals surface area contributed by atoms with Gasteiger partial charge in [0.1, 0.15) is 29.1 Å². The predicted molar refractivity (Wildman–Crippen MR) is 110 cm³/mol. The second-order valence-electron chi connectivity index (χ2n) is 7.27. The number of rotatable bonds is 5. The van der Waals surface area contributed by atoms with Gasteiger partial charge in [0.25, 0.3) is 5.91 Å². The van der Waals surface area contributed by atoms with Crippen LogP contribution in [0.1, 0.15) is 22.7 Å². The zero-order chi connectivity index (χ0) is 21.3. The number of likely N-dealkylation sites (tertiary alicyclic amines) is 1. The molecule has 4 rings (SSSR count). The van der Waals surface area contributed by atoms with E-state index in [1.54, 1.807) is 42.8 Å². The molecule has 0 saturated carbocycles. The summed E-state index contributed by atoms with van der Waals surface area (Å²) in [4.78, 5) is 26.3. The van der Waals surface area contributed by atoms with Gasteiger partial charge < -0.3 is 18.8 Å². The molecule has 1 fully saturated rings. The number of benzene rings is 1. The van der Waals surface area contributed by atoms with Crippen molar-refractivity contribution in [3.63, 3.8) is 0 Å². The first-order valence-corrected chi connectivity index (χ1v) is 9.69. The summed E-state index contributed by atoms with van der Waals surface area (Å²) < 4.78 is 17.7. The van der Waals surface area contributed by atoms with E-state index in [1.807, 2.05) is 24.3 Å². The first kappa shape index (κ1) is 19.8. The molecule has 0 bridgehead atoms. The third kappa shape index (κ3) is 4.07. The third-order valence-corrected chi connectivity index (χ3v) is 5.07. The van der Waals surface area contributed by atoms with Crippen molar-refractivity contribution < 1.29 is 18.7 Å². The maximum Gasteiger partial charge on any atom is 0.339 e. The van der Waals surface area contributed by atoms with E-state index in [0.717, 1.165) is 11.3 Å². The molecule has 0 N–H and O–H groups in total. The van der Waals surface area contributed by atoms with Crippen LogP contribution in [0.2, 0.25) is 0 Å². The minimum Gasteiger partial charge on any atom is -0.497 e. The average molecular weight is 409 g/mol. The summed E-state index contributed by atoms with van der Waals surface area (Å²) in [7, 11) is 3.37. The number of hydrogen-bond acceptors (Lipinski definition) is 6. The molecule has 1 saturated heterocycles. The van der Waals surface area contributed by atoms with Crippen LogP contribution in [0.5, 0.6) is 11.5 Å². The third-order valence-electron chi connectivity index (χ3n) is 5.07. The van der Waals surface area contributed by atoms with Crippen molar-refractivity contribution >= 4 is 5.91 Å². The van der Waals surface area contributed by atoms with Crippen LogP contribution in [0.3, 0.4) is 0 Å². The number of nitrogens with zero attached hydrogens (tertiary/aromatic N) is 3. The summed E-state index contributed by atoms with van der Waals surface area (Å²) >= 11 is 0. The number of aryl methyl sites for hydroxylation is 2. The van der Waals surface area contributed by atoms with Gasteiger partial charge in [-0.15, -0.1) is 0 Å². The molecule has 3 heterocycles. The monoisotopic (exact) mass is 409 g/mol. The largest absolute Gasteiger partial charge is 0.497 e. The summed E-state index contributed by atoms with van der Waals surface area (Å²) in [6, 6.07) is 12.3. The lowest BCUT2D eigenvalue weighted by Crippen LogP contribution is -2.32. The normalized spacial score (nSPS) is 16.0. The van der Waals surface area contributed by atoms with E-state index in [-0.39, 0.29) is 12.0 Å². The van der Waals surface area contributed by atoms with Gasteiger partial charge in [-0.1, -0.05) is 12.1 Å². The lowest BCUT2D eigenvalue weighted by molar-refractivity contribution is 0.0761. The molecule has 1 aromatic carbocycles. The number of amides is 1. The standard InChI is InChI=1S/C22H23N3O5/c1-14-9-18(11-21(26)29-14)30-17-7-8-25(13-17)22(27)20-12-19(23-24(20)2)15-5-4-6-16(10-15)28-3/h4-6,9-12,17H,7-8,13H2,1-3H3. The minimum atomic E-state index is -0.448. The van der Waals surface area contributed by atoms with E-state index < -0.39 is 5.63 Å². The highest BCUT2D eigenvalue weighted by molar-refractivity contribution is 5.94. The number of methoxy groups -OCH3 is 1. The van der Waals surface area contributed by atoms with Gasteiger partial charge in [-0.05, 0) is 25.1 Å². The quantitative estimate of drug-likeness (QED) is 0.644. The van der Waals surface area contributed by atoms with Gasteiger partial charge >= 0.3 is 5.63 Å². The van der Waals surface area contributed by atoms with Crippen molar-refractivity contribution in [1.29, 1.82) is 0 Å². The first-order chi connectivity index (χ1) is 14.4. The molecule has 1 aliphatic heterocycles. The maximum atomic E-state index is 13.1. The van der Waals surface area contributed by atoms with Gasteiger partial charge in [0, 0.05) is 31.6 Å². The molecule has 1 amide bonds. The average Bonchev–Trinajstić information content (AvgIpc) is 3.33. The van der Waals surface area contributed by atoms with Crippen LogP contribution >= 0.6 is 0 Å². The summed E-state index contributed by atoms with van der Waals surface area (Å²) in [5.41, 5.74) is 1.64. The van der Waals surface area contributed by atoms with Gasteiger partial charge in [-0.2, -0.15) is 5.10 Å². The second kappa shape index (κ2) is 8.06. The maximum absolute atomic E-state index is 13.1. The summed E-state index contributed by atoms with van der Waals surface area (Å²) in [5.74, 6) is 1.58. The minimum absolute atomic E-state index is 0.103. The molecule has 156 valence electrons. The van der Waals surface area contributed by atoms with Gasteiger partial charge in [0.2, 0.25) is 0 Å². The zero-order valence-electron chi connectivity index (χ0n) is 17.1. The SMILES string of the molecule is COc1cccc(-c2cc(C(=O)N3CCC(Oc4cc(C)oc(=O)c4)C3)n(C)n2)c1. The van der Waals surface area contributed by atoms with Crippen LogP contribution in [0.25, 0.3) is 11.3 Å². The number of carbonyl (C=O) groups excluding carboxylic acids is 1. The van der Waals surface area contributed by atoms with Crippen LogP contribution in [0.4, 0.5) is 0 Å². The van der Waals surface area contributed by atoms with Crippen LogP contribution in [0.15, 0.2) is 51.7 Å². The summed E-state index contributed by atoms with van der Waals surface area (Å²) in [5, 5.41) is 4.49. The molecule has 30 heavy (non-hydrogen) atoms. The van der Waals surface area contributed by atoms with E-state index in [0.29, 0.717) is 42.4 Å². The molecule has 1 unspecified atom stereocenters. The van der Waals surface area contributed by atoms with Crippen LogP contribution in [-0.2, 0) is 7.05 Å². The molecule has 3 aromatic rings. The fourth-order valence-corrected chi connectivity index (χ4v) is 3.60. The van der Waals surface area contributed by atoms with E-state index in [9.17, 15) is 9.59 Å². The number of ether oxygens (including phenoxy) is 2. The molecule has 8 nitrogen and oxygen atoms in total.